The highest BCUT2D eigenvalue weighted by Crippen LogP contribution is 2.27. The molecule has 1 amide bonds. The molecule has 1 heterocycles. The van der Waals surface area contributed by atoms with E-state index in [4.69, 9.17) is 37.1 Å². The first-order chi connectivity index (χ1) is 14.0. The zero-order chi connectivity index (χ0) is 20.6. The zero-order valence-corrected chi connectivity index (χ0v) is 16.3. The molecule has 1 aromatic heterocycles. The molecule has 29 heavy (non-hydrogen) atoms. The molecule has 0 aliphatic heterocycles. The summed E-state index contributed by atoms with van der Waals surface area (Å²) >= 11 is 11.8. The number of hydrogen-bond donors (Lipinski definition) is 1. The molecule has 0 radical (unpaired) electrons. The molecule has 0 spiro atoms. The second kappa shape index (κ2) is 9.77. The molecule has 0 aliphatic rings. The molecule has 0 unspecified atom stereocenters. The van der Waals surface area contributed by atoms with Crippen molar-refractivity contribution >= 4 is 41.3 Å². The number of carbonyl (C=O) groups is 2. The third-order valence-electron chi connectivity index (χ3n) is 3.45. The van der Waals surface area contributed by atoms with Crippen molar-refractivity contribution in [1.29, 1.82) is 0 Å². The summed E-state index contributed by atoms with van der Waals surface area (Å²) in [6, 6.07) is 14.4. The normalized spacial score (nSPS) is 10.7. The van der Waals surface area contributed by atoms with Crippen LogP contribution in [0.3, 0.4) is 0 Å². The van der Waals surface area contributed by atoms with Gasteiger partial charge in [0.05, 0.1) is 17.5 Å². The highest BCUT2D eigenvalue weighted by Gasteiger charge is 2.11. The maximum atomic E-state index is 11.9. The SMILES string of the molecule is O=C(COc1ccc(Cl)cc1Cl)N/N=C\c1cccc(OC(=O)c2ccco2)c1. The number of ether oxygens (including phenoxy) is 2. The lowest BCUT2D eigenvalue weighted by molar-refractivity contribution is -0.123. The molecule has 0 bridgehead atoms. The number of carbonyl (C=O) groups excluding carboxylic acids is 2. The quantitative estimate of drug-likeness (QED) is 0.259. The van der Waals surface area contributed by atoms with Crippen LogP contribution < -0.4 is 14.9 Å². The van der Waals surface area contributed by atoms with E-state index in [9.17, 15) is 9.59 Å². The minimum atomic E-state index is -0.615. The van der Waals surface area contributed by atoms with E-state index in [1.54, 1.807) is 42.5 Å². The van der Waals surface area contributed by atoms with Crippen LogP contribution in [0.15, 0.2) is 70.4 Å². The highest BCUT2D eigenvalue weighted by molar-refractivity contribution is 6.35. The third kappa shape index (κ3) is 6.10. The summed E-state index contributed by atoms with van der Waals surface area (Å²) in [5, 5.41) is 4.61. The van der Waals surface area contributed by atoms with E-state index in [0.717, 1.165) is 0 Å². The van der Waals surface area contributed by atoms with Gasteiger partial charge in [-0.3, -0.25) is 4.79 Å². The number of halogens is 2. The number of hydrogen-bond acceptors (Lipinski definition) is 6. The Hall–Kier alpha value is -3.29. The number of nitrogens with zero attached hydrogens (tertiary/aromatic N) is 1. The predicted octanol–water partition coefficient (Wildman–Crippen LogP) is 4.33. The molecule has 0 saturated carbocycles. The Morgan fingerprint density at radius 1 is 1.10 bits per heavy atom. The Morgan fingerprint density at radius 3 is 2.72 bits per heavy atom. The monoisotopic (exact) mass is 432 g/mol. The largest absolute Gasteiger partial charge is 0.482 e. The van der Waals surface area contributed by atoms with E-state index in [-0.39, 0.29) is 12.4 Å². The molecule has 9 heteroatoms. The van der Waals surface area contributed by atoms with E-state index in [0.29, 0.717) is 27.1 Å². The molecule has 0 aliphatic carbocycles. The van der Waals surface area contributed by atoms with Crippen molar-refractivity contribution in [1.82, 2.24) is 5.43 Å². The van der Waals surface area contributed by atoms with Gasteiger partial charge in [-0.15, -0.1) is 0 Å². The van der Waals surface area contributed by atoms with Gasteiger partial charge in [-0.2, -0.15) is 5.10 Å². The first kappa shape index (κ1) is 20.4. The van der Waals surface area contributed by atoms with Crippen LogP contribution in [-0.4, -0.2) is 24.7 Å². The standard InChI is InChI=1S/C20H14Cl2N2O5/c21-14-6-7-17(16(22)10-14)28-12-19(25)24-23-11-13-3-1-4-15(9-13)29-20(26)18-5-2-8-27-18/h1-11H,12H2,(H,24,25)/b23-11-. The lowest BCUT2D eigenvalue weighted by atomic mass is 10.2. The van der Waals surface area contributed by atoms with Crippen molar-refractivity contribution < 1.29 is 23.5 Å². The number of benzene rings is 2. The van der Waals surface area contributed by atoms with Crippen LogP contribution in [0.25, 0.3) is 0 Å². The summed E-state index contributed by atoms with van der Waals surface area (Å²) < 4.78 is 15.5. The van der Waals surface area contributed by atoms with Crippen LogP contribution in [0, 0.1) is 0 Å². The van der Waals surface area contributed by atoms with Gasteiger partial charge in [0.15, 0.2) is 6.61 Å². The first-order valence-corrected chi connectivity index (χ1v) is 9.02. The molecule has 0 atom stereocenters. The molecule has 1 N–H and O–H groups in total. The average Bonchev–Trinajstić information content (AvgIpc) is 3.23. The van der Waals surface area contributed by atoms with Gasteiger partial charge in [-0.05, 0) is 48.0 Å². The smallest absolute Gasteiger partial charge is 0.379 e. The molecule has 7 nitrogen and oxygen atoms in total. The summed E-state index contributed by atoms with van der Waals surface area (Å²) in [4.78, 5) is 23.7. The van der Waals surface area contributed by atoms with Gasteiger partial charge in [0.1, 0.15) is 11.5 Å². The van der Waals surface area contributed by atoms with Gasteiger partial charge in [0, 0.05) is 5.02 Å². The number of hydrazone groups is 1. The topological polar surface area (TPSA) is 90.1 Å². The van der Waals surface area contributed by atoms with Gasteiger partial charge in [-0.1, -0.05) is 35.3 Å². The molecular formula is C20H14Cl2N2O5. The van der Waals surface area contributed by atoms with Crippen molar-refractivity contribution in [3.63, 3.8) is 0 Å². The van der Waals surface area contributed by atoms with Crippen LogP contribution in [0.4, 0.5) is 0 Å². The highest BCUT2D eigenvalue weighted by atomic mass is 35.5. The number of furan rings is 1. The summed E-state index contributed by atoms with van der Waals surface area (Å²) in [7, 11) is 0. The van der Waals surface area contributed by atoms with E-state index >= 15 is 0 Å². The summed E-state index contributed by atoms with van der Waals surface area (Å²) in [6.07, 6.45) is 2.78. The van der Waals surface area contributed by atoms with Crippen LogP contribution in [-0.2, 0) is 4.79 Å². The minimum absolute atomic E-state index is 0.0946. The Balaban J connectivity index is 1.50. The predicted molar refractivity (Wildman–Crippen MR) is 108 cm³/mol. The summed E-state index contributed by atoms with van der Waals surface area (Å²) in [5.41, 5.74) is 2.94. The van der Waals surface area contributed by atoms with Gasteiger partial charge in [0.25, 0.3) is 5.91 Å². The van der Waals surface area contributed by atoms with Crippen LogP contribution in [0.5, 0.6) is 11.5 Å². The number of nitrogens with one attached hydrogen (secondary N) is 1. The molecule has 3 aromatic rings. The minimum Gasteiger partial charge on any atom is -0.482 e. The average molecular weight is 433 g/mol. The Labute approximate surface area is 175 Å². The second-order valence-corrected chi connectivity index (χ2v) is 6.44. The second-order valence-electron chi connectivity index (χ2n) is 5.60. The van der Waals surface area contributed by atoms with Gasteiger partial charge in [-0.25, -0.2) is 10.2 Å². The van der Waals surface area contributed by atoms with E-state index < -0.39 is 11.9 Å². The molecule has 2 aromatic carbocycles. The van der Waals surface area contributed by atoms with E-state index in [1.165, 1.54) is 24.6 Å². The fraction of sp³-hybridized carbons (Fsp3) is 0.0500. The summed E-state index contributed by atoms with van der Waals surface area (Å²) in [5.74, 6) is -0.358. The van der Waals surface area contributed by atoms with Gasteiger partial charge >= 0.3 is 5.97 Å². The van der Waals surface area contributed by atoms with Crippen molar-refractivity contribution in [2.24, 2.45) is 5.10 Å². The van der Waals surface area contributed by atoms with Crippen molar-refractivity contribution in [3.8, 4) is 11.5 Å². The number of rotatable bonds is 7. The fourth-order valence-electron chi connectivity index (χ4n) is 2.16. The maximum Gasteiger partial charge on any atom is 0.379 e. The van der Waals surface area contributed by atoms with Crippen LogP contribution in [0.2, 0.25) is 10.0 Å². The lowest BCUT2D eigenvalue weighted by Crippen LogP contribution is -2.24. The zero-order valence-electron chi connectivity index (χ0n) is 14.8. The Bertz CT molecular complexity index is 1040. The molecule has 0 saturated heterocycles. The Morgan fingerprint density at radius 2 is 1.97 bits per heavy atom. The lowest BCUT2D eigenvalue weighted by Gasteiger charge is -2.07. The molecule has 0 fully saturated rings. The first-order valence-electron chi connectivity index (χ1n) is 8.27. The van der Waals surface area contributed by atoms with Crippen molar-refractivity contribution in [3.05, 3.63) is 82.2 Å². The third-order valence-corrected chi connectivity index (χ3v) is 3.98. The van der Waals surface area contributed by atoms with Gasteiger partial charge in [0.2, 0.25) is 5.76 Å². The van der Waals surface area contributed by atoms with Crippen LogP contribution >= 0.6 is 23.2 Å². The van der Waals surface area contributed by atoms with Crippen molar-refractivity contribution in [2.75, 3.05) is 6.61 Å². The maximum absolute atomic E-state index is 11.9. The summed E-state index contributed by atoms with van der Waals surface area (Å²) in [6.45, 7) is -0.278. The molecule has 3 rings (SSSR count). The van der Waals surface area contributed by atoms with E-state index in [1.807, 2.05) is 0 Å². The van der Waals surface area contributed by atoms with Crippen LogP contribution in [0.1, 0.15) is 16.1 Å². The molecule has 148 valence electrons. The Kier molecular flexibility index (Phi) is 6.89. The van der Waals surface area contributed by atoms with Crippen molar-refractivity contribution in [2.45, 2.75) is 0 Å². The van der Waals surface area contributed by atoms with Gasteiger partial charge < -0.3 is 13.9 Å². The van der Waals surface area contributed by atoms with E-state index in [2.05, 4.69) is 10.5 Å². The number of esters is 1. The fourth-order valence-corrected chi connectivity index (χ4v) is 2.62. The molecular weight excluding hydrogens is 419 g/mol. The number of amides is 1.